The molecule has 2 heterocycles. The smallest absolute Gasteiger partial charge is 0.267 e. The van der Waals surface area contributed by atoms with Crippen LogP contribution in [0.25, 0.3) is 0 Å². The molecule has 0 spiro atoms. The van der Waals surface area contributed by atoms with E-state index in [0.717, 1.165) is 0 Å². The van der Waals surface area contributed by atoms with Crippen LogP contribution in [0.3, 0.4) is 0 Å². The molecule has 2 unspecified atom stereocenters. The lowest BCUT2D eigenvalue weighted by atomic mass is 9.85. The summed E-state index contributed by atoms with van der Waals surface area (Å²) in [5.74, 6) is -3.83. The van der Waals surface area contributed by atoms with Gasteiger partial charge in [-0.05, 0) is 61.7 Å². The summed E-state index contributed by atoms with van der Waals surface area (Å²) in [5.41, 5.74) is 1.56. The van der Waals surface area contributed by atoms with E-state index in [-0.39, 0.29) is 18.1 Å². The molecule has 2 aliphatic rings. The molecule has 2 aliphatic heterocycles. The maximum absolute atomic E-state index is 15.0. The number of carbonyl (C=O) groups excluding carboxylic acids is 1. The molecule has 30 heavy (non-hydrogen) atoms. The van der Waals surface area contributed by atoms with Crippen LogP contribution in [0.4, 0.5) is 18.9 Å². The van der Waals surface area contributed by atoms with Crippen LogP contribution in [0.5, 0.6) is 5.75 Å². The van der Waals surface area contributed by atoms with Gasteiger partial charge in [-0.25, -0.2) is 13.2 Å². The highest BCUT2D eigenvalue weighted by molar-refractivity contribution is 5.99. The van der Waals surface area contributed by atoms with Crippen LogP contribution in [0.15, 0.2) is 42.5 Å². The quantitative estimate of drug-likeness (QED) is 0.739. The average Bonchev–Trinajstić information content (AvgIpc) is 3.11. The molecule has 0 aromatic heterocycles. The number of hydrogen-bond acceptors (Lipinski definition) is 3. The second-order valence-electron chi connectivity index (χ2n) is 8.07. The molecule has 160 valence electrons. The third-order valence-corrected chi connectivity index (χ3v) is 6.23. The number of rotatable bonds is 4. The number of benzene rings is 2. The van der Waals surface area contributed by atoms with E-state index >= 15 is 8.78 Å². The van der Waals surface area contributed by atoms with E-state index in [1.54, 1.807) is 48.2 Å². The lowest BCUT2D eigenvalue weighted by Gasteiger charge is -2.40. The number of methoxy groups -OCH3 is 1. The van der Waals surface area contributed by atoms with E-state index in [2.05, 4.69) is 0 Å². The minimum absolute atomic E-state index is 0.239. The topological polar surface area (TPSA) is 32.8 Å². The van der Waals surface area contributed by atoms with Crippen molar-refractivity contribution >= 4 is 11.6 Å². The first kappa shape index (κ1) is 20.7. The molecule has 1 amide bonds. The number of ether oxygens (including phenoxy) is 1. The molecule has 4 rings (SSSR count). The van der Waals surface area contributed by atoms with Gasteiger partial charge in [0.25, 0.3) is 5.92 Å². The molecular formula is C23H25F3N2O2. The lowest BCUT2D eigenvalue weighted by molar-refractivity contribution is -0.128. The van der Waals surface area contributed by atoms with E-state index in [4.69, 9.17) is 4.74 Å². The third kappa shape index (κ3) is 3.78. The highest BCUT2D eigenvalue weighted by Crippen LogP contribution is 2.42. The van der Waals surface area contributed by atoms with Gasteiger partial charge < -0.3 is 9.64 Å². The van der Waals surface area contributed by atoms with Crippen LogP contribution in [-0.2, 0) is 4.79 Å². The summed E-state index contributed by atoms with van der Waals surface area (Å²) in [7, 11) is 1.54. The summed E-state index contributed by atoms with van der Waals surface area (Å²) in [6.07, 6.45) is 0.722. The molecule has 7 heteroatoms. The molecule has 0 N–H and O–H groups in total. The van der Waals surface area contributed by atoms with E-state index in [1.165, 1.54) is 18.1 Å². The van der Waals surface area contributed by atoms with Crippen molar-refractivity contribution in [1.82, 2.24) is 4.90 Å². The summed E-state index contributed by atoms with van der Waals surface area (Å²) >= 11 is 0. The van der Waals surface area contributed by atoms with Crippen molar-refractivity contribution in [2.45, 2.75) is 37.6 Å². The molecule has 0 bridgehead atoms. The number of aryl methyl sites for hydroxylation is 1. The zero-order chi connectivity index (χ0) is 21.5. The minimum atomic E-state index is -2.95. The van der Waals surface area contributed by atoms with Gasteiger partial charge in [-0.15, -0.1) is 0 Å². The van der Waals surface area contributed by atoms with Crippen LogP contribution >= 0.6 is 0 Å². The Balaban J connectivity index is 1.47. The number of halogens is 3. The Hall–Kier alpha value is -2.54. The summed E-state index contributed by atoms with van der Waals surface area (Å²) < 4.78 is 49.1. The van der Waals surface area contributed by atoms with Crippen LogP contribution in [0.2, 0.25) is 0 Å². The van der Waals surface area contributed by atoms with Crippen LogP contribution in [-0.4, -0.2) is 49.5 Å². The number of piperidine rings is 1. The fraction of sp³-hybridized carbons (Fsp3) is 0.435. The van der Waals surface area contributed by atoms with Crippen LogP contribution < -0.4 is 9.64 Å². The number of likely N-dealkylation sites (tertiary alicyclic amines) is 1. The monoisotopic (exact) mass is 418 g/mol. The molecular weight excluding hydrogens is 393 g/mol. The van der Waals surface area contributed by atoms with Crippen molar-refractivity contribution in [2.24, 2.45) is 0 Å². The first-order chi connectivity index (χ1) is 14.3. The van der Waals surface area contributed by atoms with Gasteiger partial charge in [-0.3, -0.25) is 9.69 Å². The molecule has 2 saturated heterocycles. The van der Waals surface area contributed by atoms with Gasteiger partial charge in [0.05, 0.1) is 25.6 Å². The van der Waals surface area contributed by atoms with Gasteiger partial charge in [-0.2, -0.15) is 0 Å². The van der Waals surface area contributed by atoms with Gasteiger partial charge in [-0.1, -0.05) is 18.2 Å². The van der Waals surface area contributed by atoms with E-state index in [1.807, 2.05) is 0 Å². The van der Waals surface area contributed by atoms with E-state index in [0.29, 0.717) is 42.1 Å². The number of nitrogens with zero attached hydrogens (tertiary/aromatic N) is 2. The second-order valence-corrected chi connectivity index (χ2v) is 8.07. The Bertz CT molecular complexity index is 933. The minimum Gasteiger partial charge on any atom is -0.497 e. The maximum atomic E-state index is 15.0. The zero-order valence-electron chi connectivity index (χ0n) is 17.1. The summed E-state index contributed by atoms with van der Waals surface area (Å²) in [4.78, 5) is 16.0. The second kappa shape index (κ2) is 7.95. The fourth-order valence-corrected chi connectivity index (χ4v) is 4.49. The van der Waals surface area contributed by atoms with Crippen molar-refractivity contribution in [1.29, 1.82) is 0 Å². The van der Waals surface area contributed by atoms with Crippen LogP contribution in [0, 0.1) is 12.7 Å². The molecule has 2 atom stereocenters. The Morgan fingerprint density at radius 1 is 1.07 bits per heavy atom. The maximum Gasteiger partial charge on any atom is 0.267 e. The number of hydrogen-bond donors (Lipinski definition) is 0. The van der Waals surface area contributed by atoms with Gasteiger partial charge in [0.15, 0.2) is 0 Å². The predicted molar refractivity (Wildman–Crippen MR) is 109 cm³/mol. The van der Waals surface area contributed by atoms with Crippen molar-refractivity contribution < 1.29 is 22.7 Å². The molecule has 2 aromatic rings. The zero-order valence-corrected chi connectivity index (χ0v) is 17.1. The summed E-state index contributed by atoms with van der Waals surface area (Å²) in [6, 6.07) is 10.8. The molecule has 4 nitrogen and oxygen atoms in total. The molecule has 2 aromatic carbocycles. The number of carbonyl (C=O) groups is 1. The standard InChI is InChI=1S/C23H25F3N2O2/c1-15-3-6-17(13-20(15)24)28-12-10-21(22(28)29)27-11-9-19(23(25,26)14-27)16-4-7-18(30-2)8-5-16/h3-8,13,19,21H,9-12,14H2,1-2H3. The predicted octanol–water partition coefficient (Wildman–Crippen LogP) is 4.37. The Morgan fingerprint density at radius 3 is 2.43 bits per heavy atom. The van der Waals surface area contributed by atoms with Crippen molar-refractivity contribution in [2.75, 3.05) is 31.6 Å². The highest BCUT2D eigenvalue weighted by atomic mass is 19.3. The SMILES string of the molecule is COc1ccc(C2CCN(C3CCN(c4ccc(C)c(F)c4)C3=O)CC2(F)F)cc1. The fourth-order valence-electron chi connectivity index (χ4n) is 4.49. The number of alkyl halides is 2. The van der Waals surface area contributed by atoms with Gasteiger partial charge in [0, 0.05) is 12.2 Å². The molecule has 0 saturated carbocycles. The summed E-state index contributed by atoms with van der Waals surface area (Å²) in [6.45, 7) is 2.01. The third-order valence-electron chi connectivity index (χ3n) is 6.23. The molecule has 2 fully saturated rings. The van der Waals surface area contributed by atoms with Crippen LogP contribution in [0.1, 0.15) is 29.9 Å². The normalized spacial score (nSPS) is 24.3. The van der Waals surface area contributed by atoms with Crippen molar-refractivity contribution in [3.8, 4) is 5.75 Å². The van der Waals surface area contributed by atoms with Crippen molar-refractivity contribution in [3.05, 3.63) is 59.4 Å². The van der Waals surface area contributed by atoms with Crippen molar-refractivity contribution in [3.63, 3.8) is 0 Å². The Labute approximate surface area is 174 Å². The first-order valence-electron chi connectivity index (χ1n) is 10.1. The molecule has 0 radical (unpaired) electrons. The van der Waals surface area contributed by atoms with Gasteiger partial charge in [0.1, 0.15) is 11.6 Å². The lowest BCUT2D eigenvalue weighted by Crippen LogP contribution is -2.53. The first-order valence-corrected chi connectivity index (χ1v) is 10.1. The number of amides is 1. The number of anilines is 1. The highest BCUT2D eigenvalue weighted by Gasteiger charge is 2.49. The largest absolute Gasteiger partial charge is 0.497 e. The Kier molecular flexibility index (Phi) is 5.49. The van der Waals surface area contributed by atoms with Gasteiger partial charge >= 0.3 is 0 Å². The Morgan fingerprint density at radius 2 is 1.80 bits per heavy atom. The molecule has 0 aliphatic carbocycles. The summed E-state index contributed by atoms with van der Waals surface area (Å²) in [5, 5.41) is 0. The van der Waals surface area contributed by atoms with E-state index < -0.39 is 24.4 Å². The van der Waals surface area contributed by atoms with E-state index in [9.17, 15) is 9.18 Å². The van der Waals surface area contributed by atoms with Gasteiger partial charge in [0.2, 0.25) is 5.91 Å². The average molecular weight is 418 g/mol.